The highest BCUT2D eigenvalue weighted by atomic mass is 16.5. The zero-order valence-electron chi connectivity index (χ0n) is 47.0. The van der Waals surface area contributed by atoms with E-state index < -0.39 is 5.92 Å². The fourth-order valence-corrected chi connectivity index (χ4v) is 11.6. The molecule has 0 fully saturated rings. The Morgan fingerprint density at radius 1 is 0.722 bits per heavy atom. The maximum atomic E-state index is 14.3. The van der Waals surface area contributed by atoms with Crippen LogP contribution >= 0.6 is 0 Å². The highest BCUT2D eigenvalue weighted by Gasteiger charge is 2.37. The van der Waals surface area contributed by atoms with Gasteiger partial charge < -0.3 is 44.9 Å². The molecule has 79 heavy (non-hydrogen) atoms. The van der Waals surface area contributed by atoms with Crippen molar-refractivity contribution < 1.29 is 38.2 Å². The first-order valence-corrected chi connectivity index (χ1v) is 28.4. The number of nitrogens with one attached hydrogen (secondary N) is 3. The Morgan fingerprint density at radius 2 is 1.33 bits per heavy atom. The summed E-state index contributed by atoms with van der Waals surface area (Å²) in [6.45, 7) is 14.7. The van der Waals surface area contributed by atoms with E-state index in [0.29, 0.717) is 104 Å². The van der Waals surface area contributed by atoms with Gasteiger partial charge in [-0.15, -0.1) is 0 Å². The molecular formula is C65H78N6O8. The van der Waals surface area contributed by atoms with Crippen LogP contribution in [0.15, 0.2) is 103 Å². The van der Waals surface area contributed by atoms with Crippen LogP contribution in [0, 0.1) is 12.8 Å². The van der Waals surface area contributed by atoms with Gasteiger partial charge in [-0.3, -0.25) is 24.0 Å². The van der Waals surface area contributed by atoms with Gasteiger partial charge in [0.2, 0.25) is 11.8 Å². The molecule has 14 nitrogen and oxygen atoms in total. The average Bonchev–Trinajstić information content (AvgIpc) is 3.78. The van der Waals surface area contributed by atoms with E-state index in [4.69, 9.17) is 14.2 Å². The normalized spacial score (nSPS) is 17.0. The maximum Gasteiger partial charge on any atom is 0.256 e. The first-order chi connectivity index (χ1) is 38.2. The second-order valence-electron chi connectivity index (χ2n) is 22.3. The van der Waals surface area contributed by atoms with E-state index in [1.54, 1.807) is 13.2 Å². The van der Waals surface area contributed by atoms with Crippen molar-refractivity contribution in [3.8, 4) is 17.2 Å². The molecule has 5 aromatic carbocycles. The summed E-state index contributed by atoms with van der Waals surface area (Å²) in [5.41, 5.74) is 11.1. The van der Waals surface area contributed by atoms with Gasteiger partial charge in [0.15, 0.2) is 11.5 Å². The number of hydrogen-bond donors (Lipinski definition) is 3. The lowest BCUT2D eigenvalue weighted by atomic mass is 9.93. The van der Waals surface area contributed by atoms with E-state index >= 15 is 0 Å². The molecule has 3 N–H and O–H groups in total. The lowest BCUT2D eigenvalue weighted by molar-refractivity contribution is -0.122. The summed E-state index contributed by atoms with van der Waals surface area (Å²) in [4.78, 5) is 73.8. The summed E-state index contributed by atoms with van der Waals surface area (Å²) < 4.78 is 19.0. The van der Waals surface area contributed by atoms with Gasteiger partial charge in [-0.25, -0.2) is 0 Å². The van der Waals surface area contributed by atoms with Crippen molar-refractivity contribution in [2.24, 2.45) is 5.92 Å². The number of rotatable bonds is 23. The predicted octanol–water partition coefficient (Wildman–Crippen LogP) is 11.3. The predicted molar refractivity (Wildman–Crippen MR) is 310 cm³/mol. The first-order valence-electron chi connectivity index (χ1n) is 28.4. The minimum atomic E-state index is -0.487. The summed E-state index contributed by atoms with van der Waals surface area (Å²) in [5, 5.41) is 9.71. The summed E-state index contributed by atoms with van der Waals surface area (Å²) in [6, 6.07) is 29.5. The fourth-order valence-electron chi connectivity index (χ4n) is 11.6. The number of likely N-dealkylation sites (N-methyl/N-ethyl adjacent to an activating group) is 1. The van der Waals surface area contributed by atoms with Crippen LogP contribution in [0.2, 0.25) is 0 Å². The van der Waals surface area contributed by atoms with Crippen LogP contribution < -0.4 is 35.1 Å². The van der Waals surface area contributed by atoms with Crippen LogP contribution in [0.1, 0.15) is 145 Å². The number of aryl methyl sites for hydroxylation is 1. The van der Waals surface area contributed by atoms with Gasteiger partial charge in [0.25, 0.3) is 11.8 Å². The van der Waals surface area contributed by atoms with Crippen molar-refractivity contribution in [3.63, 3.8) is 0 Å². The number of hydrogen-bond acceptors (Lipinski definition) is 10. The number of nitrogens with zero attached hydrogens (tertiary/aromatic N) is 3. The Bertz CT molecular complexity index is 3100. The Balaban J connectivity index is 0.890. The number of carbonyl (C=O) groups excluding carboxylic acids is 5. The van der Waals surface area contributed by atoms with E-state index in [0.717, 1.165) is 72.0 Å². The molecular weight excluding hydrogens is 993 g/mol. The smallest absolute Gasteiger partial charge is 0.256 e. The van der Waals surface area contributed by atoms with Gasteiger partial charge in [0.1, 0.15) is 24.7 Å². The number of ether oxygens (including phenoxy) is 3. The zero-order chi connectivity index (χ0) is 55.7. The SMILES string of the molecule is C=C(C[C@@H](C)C(=O)Nc1cc(COc2cc3c(cc2C)C(=O)N2Cc4ccccc4C[C@H]2CN3C)cc(COc2cc3c(cc2OC)C(=O)N2Cc4ccccc4C[C@H]2CN3)c1)[C@H](C)NC(=O)CCCCC(=O)CCCCCC. The van der Waals surface area contributed by atoms with Crippen molar-refractivity contribution in [1.82, 2.24) is 15.1 Å². The number of fused-ring (bicyclic) bond motifs is 6. The molecule has 0 aromatic heterocycles. The highest BCUT2D eigenvalue weighted by molar-refractivity contribution is 6.02. The van der Waals surface area contributed by atoms with Gasteiger partial charge in [-0.1, -0.05) is 93.8 Å². The average molecular weight is 1070 g/mol. The third-order valence-corrected chi connectivity index (χ3v) is 16.2. The van der Waals surface area contributed by atoms with E-state index in [-0.39, 0.29) is 60.8 Å². The quantitative estimate of drug-likeness (QED) is 0.0425. The Morgan fingerprint density at radius 3 is 2.00 bits per heavy atom. The van der Waals surface area contributed by atoms with Crippen LogP contribution in [0.3, 0.4) is 0 Å². The van der Waals surface area contributed by atoms with Crippen LogP contribution in [0.25, 0.3) is 0 Å². The van der Waals surface area contributed by atoms with E-state index in [9.17, 15) is 24.0 Å². The van der Waals surface area contributed by atoms with Crippen LogP contribution in [0.5, 0.6) is 17.2 Å². The number of carbonyl (C=O) groups is 5. The van der Waals surface area contributed by atoms with Crippen molar-refractivity contribution in [2.75, 3.05) is 42.8 Å². The van der Waals surface area contributed by atoms with Gasteiger partial charge in [0.05, 0.1) is 41.7 Å². The lowest BCUT2D eigenvalue weighted by Crippen LogP contribution is -2.47. The fraction of sp³-hybridized carbons (Fsp3) is 0.431. The summed E-state index contributed by atoms with van der Waals surface area (Å²) >= 11 is 0. The molecule has 4 aliphatic heterocycles. The Hall–Kier alpha value is -7.61. The van der Waals surface area contributed by atoms with Crippen molar-refractivity contribution >= 4 is 46.5 Å². The Kier molecular flexibility index (Phi) is 18.1. The molecule has 0 saturated heterocycles. The van der Waals surface area contributed by atoms with E-state index in [1.807, 2.05) is 92.2 Å². The number of unbranched alkanes of at least 4 members (excludes halogenated alkanes) is 4. The maximum absolute atomic E-state index is 14.3. The largest absolute Gasteiger partial charge is 0.493 e. The number of amides is 4. The monoisotopic (exact) mass is 1070 g/mol. The standard InChI is InChI=1S/C65H78N6O8/c1-8-9-10-11-22-54(72)23-16-17-24-62(73)67-44(5)41(2)25-43(4)63(74)68-51-28-45(39-78-59-34-58-56(26-42(59)3)65(76)71-37-50-21-15-13-19-48(50)31-53(71)38-69(58)6)27-46(29-51)40-79-61-33-57-55(32-60(61)77-7)64(75)70-36-49-20-14-12-18-47(49)30-52(70)35-66-57/h12-15,18-21,26-29,32-34,43-44,52-53,66H,2,8-11,16-17,22-25,30-31,35-40H2,1,3-7H3,(H,67,73)(H,68,74)/t43-,44+,52+,53+/m1/s1. The molecule has 416 valence electrons. The topological polar surface area (TPSA) is 159 Å². The molecule has 0 unspecified atom stereocenters. The molecule has 0 spiro atoms. The molecule has 4 heterocycles. The molecule has 4 atom stereocenters. The minimum Gasteiger partial charge on any atom is -0.493 e. The summed E-state index contributed by atoms with van der Waals surface area (Å²) in [6.07, 6.45) is 8.97. The molecule has 0 bridgehead atoms. The van der Waals surface area contributed by atoms with Crippen LogP contribution in [-0.2, 0) is 53.5 Å². The molecule has 0 radical (unpaired) electrons. The van der Waals surface area contributed by atoms with Gasteiger partial charge in [0, 0.05) is 82.3 Å². The second kappa shape index (κ2) is 25.5. The number of ketones is 1. The second-order valence-corrected chi connectivity index (χ2v) is 22.3. The third-order valence-electron chi connectivity index (χ3n) is 16.2. The van der Waals surface area contributed by atoms with Gasteiger partial charge in [-0.05, 0) is 122 Å². The van der Waals surface area contributed by atoms with Gasteiger partial charge >= 0.3 is 0 Å². The molecule has 9 rings (SSSR count). The molecule has 0 saturated carbocycles. The number of methoxy groups -OCH3 is 1. The van der Waals surface area contributed by atoms with Crippen molar-refractivity contribution in [3.05, 3.63) is 153 Å². The van der Waals surface area contributed by atoms with E-state index in [1.165, 1.54) is 16.7 Å². The molecule has 14 heteroatoms. The van der Waals surface area contributed by atoms with Crippen LogP contribution in [-0.4, -0.2) is 84.6 Å². The highest BCUT2D eigenvalue weighted by Crippen LogP contribution is 2.40. The number of benzene rings is 5. The van der Waals surface area contributed by atoms with Gasteiger partial charge in [-0.2, -0.15) is 0 Å². The summed E-state index contributed by atoms with van der Waals surface area (Å²) in [7, 11) is 3.59. The van der Waals surface area contributed by atoms with Crippen LogP contribution in [0.4, 0.5) is 17.1 Å². The number of Topliss-reactive ketones (excluding diaryl/α,β-unsaturated/α-hetero) is 1. The first kappa shape index (κ1) is 56.1. The lowest BCUT2D eigenvalue weighted by Gasteiger charge is -2.36. The zero-order valence-corrected chi connectivity index (χ0v) is 47.0. The Labute approximate surface area is 466 Å². The molecule has 5 aromatic rings. The minimum absolute atomic E-state index is 0.0119. The number of anilines is 3. The molecule has 4 aliphatic rings. The summed E-state index contributed by atoms with van der Waals surface area (Å²) in [5.74, 6) is 0.910. The molecule has 4 amide bonds. The molecule has 0 aliphatic carbocycles. The van der Waals surface area contributed by atoms with E-state index in [2.05, 4.69) is 64.7 Å². The van der Waals surface area contributed by atoms with Crippen molar-refractivity contribution in [2.45, 2.75) is 149 Å². The van der Waals surface area contributed by atoms with Crippen molar-refractivity contribution in [1.29, 1.82) is 0 Å². The third kappa shape index (κ3) is 13.5.